The van der Waals surface area contributed by atoms with Crippen LogP contribution in [0.2, 0.25) is 0 Å². The average Bonchev–Trinajstić information content (AvgIpc) is 2.42. The zero-order valence-corrected chi connectivity index (χ0v) is 13.0. The molecule has 2 saturated heterocycles. The SMILES string of the molecule is CN1CCC(CN(C)S(=O)(=O)C2CCCNC2)CC1. The van der Waals surface area contributed by atoms with Gasteiger partial charge in [-0.15, -0.1) is 0 Å². The Morgan fingerprint density at radius 1 is 1.26 bits per heavy atom. The molecule has 2 aliphatic heterocycles. The Morgan fingerprint density at radius 3 is 2.53 bits per heavy atom. The summed E-state index contributed by atoms with van der Waals surface area (Å²) >= 11 is 0. The molecule has 0 aliphatic carbocycles. The molecule has 2 fully saturated rings. The summed E-state index contributed by atoms with van der Waals surface area (Å²) in [4.78, 5) is 2.32. The van der Waals surface area contributed by atoms with Gasteiger partial charge in [-0.3, -0.25) is 0 Å². The van der Waals surface area contributed by atoms with Crippen LogP contribution in [0.1, 0.15) is 25.7 Å². The van der Waals surface area contributed by atoms with E-state index in [1.807, 2.05) is 0 Å². The summed E-state index contributed by atoms with van der Waals surface area (Å²) in [6.45, 7) is 4.42. The van der Waals surface area contributed by atoms with E-state index in [9.17, 15) is 8.42 Å². The highest BCUT2D eigenvalue weighted by atomic mass is 32.2. The van der Waals surface area contributed by atoms with Gasteiger partial charge in [0.25, 0.3) is 0 Å². The van der Waals surface area contributed by atoms with Crippen LogP contribution in [-0.2, 0) is 10.0 Å². The van der Waals surface area contributed by atoms with Crippen molar-refractivity contribution in [1.82, 2.24) is 14.5 Å². The lowest BCUT2D eigenvalue weighted by atomic mass is 9.97. The van der Waals surface area contributed by atoms with E-state index < -0.39 is 10.0 Å². The molecule has 2 heterocycles. The molecular formula is C13H27N3O2S. The molecule has 0 aromatic carbocycles. The Kier molecular flexibility index (Phi) is 5.22. The number of nitrogens with zero attached hydrogens (tertiary/aromatic N) is 2. The molecule has 0 aromatic rings. The van der Waals surface area contributed by atoms with Crippen molar-refractivity contribution in [2.75, 3.05) is 46.8 Å². The van der Waals surface area contributed by atoms with Gasteiger partial charge in [0, 0.05) is 20.1 Å². The molecule has 19 heavy (non-hydrogen) atoms. The second kappa shape index (κ2) is 6.52. The van der Waals surface area contributed by atoms with Crippen LogP contribution in [0.3, 0.4) is 0 Å². The monoisotopic (exact) mass is 289 g/mol. The summed E-state index contributed by atoms with van der Waals surface area (Å²) < 4.78 is 26.6. The lowest BCUT2D eigenvalue weighted by Gasteiger charge is -2.33. The van der Waals surface area contributed by atoms with Crippen LogP contribution in [-0.4, -0.2) is 69.7 Å². The Balaban J connectivity index is 1.89. The third-order valence-electron chi connectivity index (χ3n) is 4.46. The molecule has 1 atom stereocenters. The molecule has 5 nitrogen and oxygen atoms in total. The van der Waals surface area contributed by atoms with Gasteiger partial charge in [-0.25, -0.2) is 12.7 Å². The summed E-state index contributed by atoms with van der Waals surface area (Å²) in [5.74, 6) is 0.521. The summed E-state index contributed by atoms with van der Waals surface area (Å²) in [5, 5.41) is 2.97. The van der Waals surface area contributed by atoms with Gasteiger partial charge in [0.2, 0.25) is 10.0 Å². The second-order valence-electron chi connectivity index (χ2n) is 6.04. The number of sulfonamides is 1. The van der Waals surface area contributed by atoms with Crippen LogP contribution in [0.25, 0.3) is 0 Å². The molecule has 0 saturated carbocycles. The predicted octanol–water partition coefficient (Wildman–Crippen LogP) is 0.342. The first kappa shape index (κ1) is 15.2. The highest BCUT2D eigenvalue weighted by Gasteiger charge is 2.32. The fraction of sp³-hybridized carbons (Fsp3) is 1.00. The number of rotatable bonds is 4. The van der Waals surface area contributed by atoms with E-state index in [0.717, 1.165) is 45.3 Å². The maximum Gasteiger partial charge on any atom is 0.217 e. The van der Waals surface area contributed by atoms with Crippen molar-refractivity contribution < 1.29 is 8.42 Å². The summed E-state index contributed by atoms with van der Waals surface area (Å²) in [5.41, 5.74) is 0. The topological polar surface area (TPSA) is 52.7 Å². The quantitative estimate of drug-likeness (QED) is 0.811. The van der Waals surface area contributed by atoms with Crippen LogP contribution in [0.5, 0.6) is 0 Å². The van der Waals surface area contributed by atoms with Crippen molar-refractivity contribution >= 4 is 10.0 Å². The van der Waals surface area contributed by atoms with Gasteiger partial charge in [0.05, 0.1) is 5.25 Å². The minimum absolute atomic E-state index is 0.225. The van der Waals surface area contributed by atoms with E-state index in [4.69, 9.17) is 0 Å². The number of likely N-dealkylation sites (tertiary alicyclic amines) is 1. The first-order chi connectivity index (χ1) is 9.00. The van der Waals surface area contributed by atoms with Crippen molar-refractivity contribution in [2.45, 2.75) is 30.9 Å². The zero-order valence-electron chi connectivity index (χ0n) is 12.1. The Labute approximate surface area is 117 Å². The van der Waals surface area contributed by atoms with E-state index in [1.54, 1.807) is 11.4 Å². The van der Waals surface area contributed by atoms with Gasteiger partial charge < -0.3 is 10.2 Å². The third kappa shape index (κ3) is 3.90. The molecule has 0 radical (unpaired) electrons. The fourth-order valence-electron chi connectivity index (χ4n) is 3.04. The van der Waals surface area contributed by atoms with Crippen LogP contribution in [0.4, 0.5) is 0 Å². The molecule has 0 amide bonds. The second-order valence-corrected chi connectivity index (χ2v) is 8.36. The summed E-state index contributed by atoms with van der Waals surface area (Å²) in [6, 6.07) is 0. The summed E-state index contributed by atoms with van der Waals surface area (Å²) in [7, 11) is 0.764. The standard InChI is InChI=1S/C13H27N3O2S/c1-15-8-5-12(6-9-15)11-16(2)19(17,18)13-4-3-7-14-10-13/h12-14H,3-11H2,1-2H3. The molecule has 0 bridgehead atoms. The minimum atomic E-state index is -3.12. The smallest absolute Gasteiger partial charge is 0.217 e. The Hall–Kier alpha value is -0.170. The lowest BCUT2D eigenvalue weighted by molar-refractivity contribution is 0.201. The van der Waals surface area contributed by atoms with Crippen LogP contribution < -0.4 is 5.32 Å². The van der Waals surface area contributed by atoms with Gasteiger partial charge in [0.15, 0.2) is 0 Å². The zero-order chi connectivity index (χ0) is 13.9. The Morgan fingerprint density at radius 2 is 1.95 bits per heavy atom. The first-order valence-corrected chi connectivity index (χ1v) is 8.85. The van der Waals surface area contributed by atoms with Crippen LogP contribution in [0, 0.1) is 5.92 Å². The van der Waals surface area contributed by atoms with Gasteiger partial charge in [-0.1, -0.05) is 0 Å². The maximum atomic E-state index is 12.5. The molecule has 2 aliphatic rings. The van der Waals surface area contributed by atoms with E-state index in [2.05, 4.69) is 17.3 Å². The largest absolute Gasteiger partial charge is 0.315 e. The fourth-order valence-corrected chi connectivity index (χ4v) is 4.76. The van der Waals surface area contributed by atoms with E-state index in [-0.39, 0.29) is 5.25 Å². The number of nitrogens with one attached hydrogen (secondary N) is 1. The molecule has 6 heteroatoms. The van der Waals surface area contributed by atoms with E-state index >= 15 is 0 Å². The molecular weight excluding hydrogens is 262 g/mol. The first-order valence-electron chi connectivity index (χ1n) is 7.34. The van der Waals surface area contributed by atoms with Crippen molar-refractivity contribution in [3.63, 3.8) is 0 Å². The Bertz CT molecular complexity index is 371. The van der Waals surface area contributed by atoms with Gasteiger partial charge in [0.1, 0.15) is 0 Å². The molecule has 0 aromatic heterocycles. The van der Waals surface area contributed by atoms with Gasteiger partial charge >= 0.3 is 0 Å². The van der Waals surface area contributed by atoms with Crippen molar-refractivity contribution in [2.24, 2.45) is 5.92 Å². The molecule has 112 valence electrons. The number of hydrogen-bond acceptors (Lipinski definition) is 4. The minimum Gasteiger partial charge on any atom is -0.315 e. The van der Waals surface area contributed by atoms with Crippen molar-refractivity contribution in [3.05, 3.63) is 0 Å². The van der Waals surface area contributed by atoms with Crippen molar-refractivity contribution in [1.29, 1.82) is 0 Å². The molecule has 1 unspecified atom stereocenters. The molecule has 0 spiro atoms. The summed E-state index contributed by atoms with van der Waals surface area (Å²) in [6.07, 6.45) is 3.98. The highest BCUT2D eigenvalue weighted by molar-refractivity contribution is 7.89. The van der Waals surface area contributed by atoms with E-state index in [1.165, 1.54) is 0 Å². The number of hydrogen-bond donors (Lipinski definition) is 1. The van der Waals surface area contributed by atoms with Gasteiger partial charge in [-0.2, -0.15) is 0 Å². The normalized spacial score (nSPS) is 27.8. The lowest BCUT2D eigenvalue weighted by Crippen LogP contribution is -2.46. The maximum absolute atomic E-state index is 12.5. The third-order valence-corrected chi connectivity index (χ3v) is 6.72. The van der Waals surface area contributed by atoms with Crippen LogP contribution >= 0.6 is 0 Å². The van der Waals surface area contributed by atoms with E-state index in [0.29, 0.717) is 19.0 Å². The highest BCUT2D eigenvalue weighted by Crippen LogP contribution is 2.21. The van der Waals surface area contributed by atoms with Crippen LogP contribution in [0.15, 0.2) is 0 Å². The average molecular weight is 289 g/mol. The van der Waals surface area contributed by atoms with Crippen molar-refractivity contribution in [3.8, 4) is 0 Å². The van der Waals surface area contributed by atoms with Gasteiger partial charge in [-0.05, 0) is 58.3 Å². The number of piperidine rings is 2. The molecule has 1 N–H and O–H groups in total. The predicted molar refractivity (Wildman–Crippen MR) is 77.7 cm³/mol. The molecule has 2 rings (SSSR count).